The number of aliphatic hydroxyl groups is 1. The van der Waals surface area contributed by atoms with Gasteiger partial charge in [0.2, 0.25) is 0 Å². The van der Waals surface area contributed by atoms with E-state index in [-0.39, 0.29) is 18.4 Å². The quantitative estimate of drug-likeness (QED) is 0.400. The number of hydrogen-bond acceptors (Lipinski definition) is 4. The van der Waals surface area contributed by atoms with E-state index in [2.05, 4.69) is 5.32 Å². The highest BCUT2D eigenvalue weighted by Crippen LogP contribution is 1.95. The van der Waals surface area contributed by atoms with Crippen LogP contribution < -0.4 is 5.32 Å². The molecule has 0 heterocycles. The molecular weight excluding hydrogens is 206 g/mol. The van der Waals surface area contributed by atoms with Gasteiger partial charge in [0.05, 0.1) is 12.4 Å². The van der Waals surface area contributed by atoms with Crippen LogP contribution >= 0.6 is 0 Å². The minimum atomic E-state index is -3.84. The van der Waals surface area contributed by atoms with Gasteiger partial charge < -0.3 is 10.4 Å². The summed E-state index contributed by atoms with van der Waals surface area (Å²) in [6.45, 7) is 2.56. The van der Waals surface area contributed by atoms with Gasteiger partial charge in [-0.2, -0.15) is 8.42 Å². The molecule has 0 aromatic rings. The summed E-state index contributed by atoms with van der Waals surface area (Å²) in [5.74, 6) is -0.232. The summed E-state index contributed by atoms with van der Waals surface area (Å²) in [7, 11) is -3.84. The van der Waals surface area contributed by atoms with Gasteiger partial charge in [-0.3, -0.25) is 4.55 Å². The maximum atomic E-state index is 10.3. The van der Waals surface area contributed by atoms with E-state index in [0.717, 1.165) is 12.8 Å². The van der Waals surface area contributed by atoms with Gasteiger partial charge in [0.1, 0.15) is 0 Å². The highest BCUT2D eigenvalue weighted by atomic mass is 32.2. The number of rotatable bonds is 8. The molecule has 0 aromatic heterocycles. The second kappa shape index (κ2) is 7.17. The van der Waals surface area contributed by atoms with Gasteiger partial charge in [0.15, 0.2) is 0 Å². The monoisotopic (exact) mass is 225 g/mol. The van der Waals surface area contributed by atoms with Gasteiger partial charge in [-0.1, -0.05) is 13.3 Å². The lowest BCUT2D eigenvalue weighted by molar-refractivity contribution is 0.235. The van der Waals surface area contributed by atoms with Crippen molar-refractivity contribution in [3.05, 3.63) is 0 Å². The first-order valence-electron chi connectivity index (χ1n) is 4.79. The Balaban J connectivity index is 3.52. The Labute approximate surface area is 85.3 Å². The van der Waals surface area contributed by atoms with Crippen LogP contribution in [0.15, 0.2) is 0 Å². The molecule has 0 rings (SSSR count). The van der Waals surface area contributed by atoms with E-state index in [9.17, 15) is 8.42 Å². The van der Waals surface area contributed by atoms with Crippen LogP contribution in [0.25, 0.3) is 0 Å². The Kier molecular flexibility index (Phi) is 7.08. The lowest BCUT2D eigenvalue weighted by Crippen LogP contribution is -2.33. The molecule has 0 spiro atoms. The number of aliphatic hydroxyl groups excluding tert-OH is 1. The molecule has 0 aliphatic rings. The fraction of sp³-hybridized carbons (Fsp3) is 1.00. The van der Waals surface area contributed by atoms with Crippen molar-refractivity contribution in [1.82, 2.24) is 5.32 Å². The molecule has 0 radical (unpaired) electrons. The summed E-state index contributed by atoms with van der Waals surface area (Å²) in [6.07, 6.45) is 2.19. The summed E-state index contributed by atoms with van der Waals surface area (Å²) in [4.78, 5) is 0. The summed E-state index contributed by atoms with van der Waals surface area (Å²) in [5.41, 5.74) is 0. The van der Waals surface area contributed by atoms with Crippen molar-refractivity contribution in [3.63, 3.8) is 0 Å². The van der Waals surface area contributed by atoms with Crippen LogP contribution in [-0.2, 0) is 10.1 Å². The SMILES string of the molecule is CCCC(CO)NCCCS(=O)(=O)O. The van der Waals surface area contributed by atoms with Gasteiger partial charge in [-0.15, -0.1) is 0 Å². The molecule has 0 amide bonds. The van der Waals surface area contributed by atoms with Crippen molar-refractivity contribution < 1.29 is 18.1 Å². The Morgan fingerprint density at radius 1 is 1.43 bits per heavy atom. The fourth-order valence-electron chi connectivity index (χ4n) is 1.17. The highest BCUT2D eigenvalue weighted by Gasteiger charge is 2.06. The average molecular weight is 225 g/mol. The number of hydrogen-bond donors (Lipinski definition) is 3. The lowest BCUT2D eigenvalue weighted by Gasteiger charge is -2.14. The van der Waals surface area contributed by atoms with Gasteiger partial charge in [-0.25, -0.2) is 0 Å². The van der Waals surface area contributed by atoms with E-state index in [4.69, 9.17) is 9.66 Å². The minimum absolute atomic E-state index is 0.0291. The van der Waals surface area contributed by atoms with Crippen LogP contribution in [0.4, 0.5) is 0 Å². The summed E-state index contributed by atoms with van der Waals surface area (Å²) < 4.78 is 29.1. The molecule has 86 valence electrons. The molecular formula is C8H19NO4S. The van der Waals surface area contributed by atoms with Crippen molar-refractivity contribution in [2.24, 2.45) is 0 Å². The molecule has 0 fully saturated rings. The van der Waals surface area contributed by atoms with Gasteiger partial charge in [0, 0.05) is 6.04 Å². The Morgan fingerprint density at radius 2 is 2.07 bits per heavy atom. The van der Waals surface area contributed by atoms with Crippen LogP contribution in [0.1, 0.15) is 26.2 Å². The zero-order chi connectivity index (χ0) is 11.0. The first kappa shape index (κ1) is 13.8. The van der Waals surface area contributed by atoms with Gasteiger partial charge in [-0.05, 0) is 19.4 Å². The van der Waals surface area contributed by atoms with E-state index >= 15 is 0 Å². The van der Waals surface area contributed by atoms with Crippen LogP contribution in [0.3, 0.4) is 0 Å². The Morgan fingerprint density at radius 3 is 2.50 bits per heavy atom. The van der Waals surface area contributed by atoms with Crippen molar-refractivity contribution in [1.29, 1.82) is 0 Å². The first-order chi connectivity index (χ1) is 6.49. The van der Waals surface area contributed by atoms with Crippen molar-refractivity contribution in [2.75, 3.05) is 18.9 Å². The topological polar surface area (TPSA) is 86.6 Å². The predicted octanol–water partition coefficient (Wildman–Crippen LogP) is 0.0149. The fourth-order valence-corrected chi connectivity index (χ4v) is 1.68. The zero-order valence-electron chi connectivity index (χ0n) is 8.44. The molecule has 5 nitrogen and oxygen atoms in total. The molecule has 0 saturated carbocycles. The van der Waals surface area contributed by atoms with Crippen molar-refractivity contribution in [2.45, 2.75) is 32.2 Å². The second-order valence-corrected chi connectivity index (χ2v) is 4.83. The normalized spacial score (nSPS) is 14.2. The van der Waals surface area contributed by atoms with E-state index in [1.807, 2.05) is 6.92 Å². The third-order valence-electron chi connectivity index (χ3n) is 1.87. The molecule has 6 heteroatoms. The predicted molar refractivity (Wildman–Crippen MR) is 54.8 cm³/mol. The third kappa shape index (κ3) is 8.43. The Hall–Kier alpha value is -0.170. The Bertz CT molecular complexity index is 227. The highest BCUT2D eigenvalue weighted by molar-refractivity contribution is 7.85. The van der Waals surface area contributed by atoms with E-state index in [0.29, 0.717) is 13.0 Å². The molecule has 14 heavy (non-hydrogen) atoms. The largest absolute Gasteiger partial charge is 0.395 e. The van der Waals surface area contributed by atoms with E-state index in [1.165, 1.54) is 0 Å². The summed E-state index contributed by atoms with van der Waals surface area (Å²) >= 11 is 0. The van der Waals surface area contributed by atoms with Gasteiger partial charge >= 0.3 is 0 Å². The lowest BCUT2D eigenvalue weighted by atomic mass is 10.2. The summed E-state index contributed by atoms with van der Waals surface area (Å²) in [6, 6.07) is 0.0291. The molecule has 0 aromatic carbocycles. The maximum Gasteiger partial charge on any atom is 0.264 e. The maximum absolute atomic E-state index is 10.3. The first-order valence-corrected chi connectivity index (χ1v) is 6.40. The summed E-state index contributed by atoms with van der Waals surface area (Å²) in [5, 5.41) is 11.9. The molecule has 0 aliphatic heterocycles. The average Bonchev–Trinajstić information content (AvgIpc) is 2.08. The minimum Gasteiger partial charge on any atom is -0.395 e. The van der Waals surface area contributed by atoms with Crippen LogP contribution in [-0.4, -0.2) is 43.0 Å². The second-order valence-electron chi connectivity index (χ2n) is 3.26. The number of nitrogens with one attached hydrogen (secondary N) is 1. The van der Waals surface area contributed by atoms with Crippen LogP contribution in [0.5, 0.6) is 0 Å². The molecule has 0 aliphatic carbocycles. The smallest absolute Gasteiger partial charge is 0.264 e. The van der Waals surface area contributed by atoms with E-state index in [1.54, 1.807) is 0 Å². The van der Waals surface area contributed by atoms with Crippen LogP contribution in [0.2, 0.25) is 0 Å². The molecule has 0 saturated heterocycles. The standard InChI is InChI=1S/C8H19NO4S/c1-2-4-8(7-10)9-5-3-6-14(11,12)13/h8-10H,2-7H2,1H3,(H,11,12,13). The van der Waals surface area contributed by atoms with Gasteiger partial charge in [0.25, 0.3) is 10.1 Å². The molecule has 1 unspecified atom stereocenters. The molecule has 1 atom stereocenters. The van der Waals surface area contributed by atoms with E-state index < -0.39 is 10.1 Å². The van der Waals surface area contributed by atoms with Crippen LogP contribution in [0, 0.1) is 0 Å². The third-order valence-corrected chi connectivity index (χ3v) is 2.67. The molecule has 3 N–H and O–H groups in total. The van der Waals surface area contributed by atoms with Crippen molar-refractivity contribution in [3.8, 4) is 0 Å². The van der Waals surface area contributed by atoms with Crippen molar-refractivity contribution >= 4 is 10.1 Å². The molecule has 0 bridgehead atoms. The zero-order valence-corrected chi connectivity index (χ0v) is 9.26.